The molecular formula is C23H25FN4O2. The Morgan fingerprint density at radius 3 is 2.50 bits per heavy atom. The standard InChI is InChI=1S/C23H25FN4O2/c1-4-27(5-2)17-10-11-20(16(3)12-17)26-22(29)14-28-15-25-21(13-23(28)30)18-8-6-7-9-19(18)24/h6-13,15H,4-5,14H2,1-3H3,(H,26,29). The van der Waals surface area contributed by atoms with E-state index in [4.69, 9.17) is 0 Å². The Balaban J connectivity index is 1.72. The van der Waals surface area contributed by atoms with Crippen LogP contribution in [0.3, 0.4) is 0 Å². The molecule has 0 aliphatic carbocycles. The van der Waals surface area contributed by atoms with Gasteiger partial charge in [0.05, 0.1) is 12.0 Å². The Kier molecular flexibility index (Phi) is 6.61. The van der Waals surface area contributed by atoms with Crippen molar-refractivity contribution in [1.82, 2.24) is 9.55 Å². The number of halogens is 1. The molecule has 0 fully saturated rings. The van der Waals surface area contributed by atoms with E-state index in [-0.39, 0.29) is 23.7 Å². The van der Waals surface area contributed by atoms with Crippen molar-refractivity contribution in [1.29, 1.82) is 0 Å². The molecule has 3 aromatic rings. The second-order valence-corrected chi connectivity index (χ2v) is 6.94. The summed E-state index contributed by atoms with van der Waals surface area (Å²) in [5, 5.41) is 2.84. The highest BCUT2D eigenvalue weighted by molar-refractivity contribution is 5.91. The lowest BCUT2D eigenvalue weighted by atomic mass is 10.1. The zero-order valence-electron chi connectivity index (χ0n) is 17.4. The highest BCUT2D eigenvalue weighted by atomic mass is 19.1. The number of nitrogens with one attached hydrogen (secondary N) is 1. The first-order chi connectivity index (χ1) is 14.4. The smallest absolute Gasteiger partial charge is 0.254 e. The third-order valence-corrected chi connectivity index (χ3v) is 4.96. The van der Waals surface area contributed by atoms with Crippen molar-refractivity contribution < 1.29 is 9.18 Å². The van der Waals surface area contributed by atoms with Crippen LogP contribution >= 0.6 is 0 Å². The van der Waals surface area contributed by atoms with Gasteiger partial charge in [-0.1, -0.05) is 12.1 Å². The van der Waals surface area contributed by atoms with Crippen molar-refractivity contribution in [2.45, 2.75) is 27.3 Å². The number of carbonyl (C=O) groups is 1. The van der Waals surface area contributed by atoms with Crippen LogP contribution in [-0.2, 0) is 11.3 Å². The van der Waals surface area contributed by atoms with Gasteiger partial charge in [0.15, 0.2) is 0 Å². The monoisotopic (exact) mass is 408 g/mol. The van der Waals surface area contributed by atoms with Gasteiger partial charge in [0, 0.05) is 36.1 Å². The molecule has 0 saturated heterocycles. The lowest BCUT2D eigenvalue weighted by molar-refractivity contribution is -0.116. The van der Waals surface area contributed by atoms with E-state index in [9.17, 15) is 14.0 Å². The first-order valence-corrected chi connectivity index (χ1v) is 9.89. The molecule has 1 amide bonds. The van der Waals surface area contributed by atoms with Gasteiger partial charge in [-0.25, -0.2) is 9.37 Å². The van der Waals surface area contributed by atoms with Gasteiger partial charge in [0.25, 0.3) is 5.56 Å². The van der Waals surface area contributed by atoms with Crippen molar-refractivity contribution in [3.8, 4) is 11.3 Å². The van der Waals surface area contributed by atoms with Crippen LogP contribution < -0.4 is 15.8 Å². The second-order valence-electron chi connectivity index (χ2n) is 6.94. The Labute approximate surface area is 175 Å². The summed E-state index contributed by atoms with van der Waals surface area (Å²) < 4.78 is 15.1. The fraction of sp³-hybridized carbons (Fsp3) is 0.261. The van der Waals surface area contributed by atoms with Gasteiger partial charge in [-0.15, -0.1) is 0 Å². The molecule has 0 bridgehead atoms. The lowest BCUT2D eigenvalue weighted by Crippen LogP contribution is -2.27. The minimum absolute atomic E-state index is 0.180. The van der Waals surface area contributed by atoms with Gasteiger partial charge in [-0.05, 0) is 56.7 Å². The summed E-state index contributed by atoms with van der Waals surface area (Å²) in [4.78, 5) is 31.2. The summed E-state index contributed by atoms with van der Waals surface area (Å²) in [5.74, 6) is -0.792. The van der Waals surface area contributed by atoms with Crippen LogP contribution in [0.15, 0.2) is 59.7 Å². The summed E-state index contributed by atoms with van der Waals surface area (Å²) in [6.07, 6.45) is 1.26. The fourth-order valence-electron chi connectivity index (χ4n) is 3.28. The number of hydrogen-bond acceptors (Lipinski definition) is 4. The van der Waals surface area contributed by atoms with Gasteiger partial charge < -0.3 is 10.2 Å². The Morgan fingerprint density at radius 2 is 1.87 bits per heavy atom. The lowest BCUT2D eigenvalue weighted by Gasteiger charge is -2.22. The van der Waals surface area contributed by atoms with E-state index in [1.54, 1.807) is 18.2 Å². The SMILES string of the molecule is CCN(CC)c1ccc(NC(=O)Cn2cnc(-c3ccccc3F)cc2=O)c(C)c1. The molecule has 156 valence electrons. The molecular weight excluding hydrogens is 383 g/mol. The van der Waals surface area contributed by atoms with E-state index in [2.05, 4.69) is 29.0 Å². The van der Waals surface area contributed by atoms with Crippen molar-refractivity contribution in [2.75, 3.05) is 23.3 Å². The number of anilines is 2. The van der Waals surface area contributed by atoms with E-state index in [1.807, 2.05) is 25.1 Å². The van der Waals surface area contributed by atoms with Gasteiger partial charge in [-0.3, -0.25) is 14.2 Å². The molecule has 0 unspecified atom stereocenters. The number of hydrogen-bond donors (Lipinski definition) is 1. The summed E-state index contributed by atoms with van der Waals surface area (Å²) in [5.41, 5.74) is 2.78. The molecule has 1 N–H and O–H groups in total. The predicted molar refractivity (Wildman–Crippen MR) is 117 cm³/mol. The van der Waals surface area contributed by atoms with Crippen LogP contribution in [0.2, 0.25) is 0 Å². The zero-order valence-corrected chi connectivity index (χ0v) is 17.4. The zero-order chi connectivity index (χ0) is 21.7. The molecule has 0 aliphatic rings. The fourth-order valence-corrected chi connectivity index (χ4v) is 3.28. The first-order valence-electron chi connectivity index (χ1n) is 9.89. The Morgan fingerprint density at radius 1 is 1.13 bits per heavy atom. The minimum atomic E-state index is -0.455. The predicted octanol–water partition coefficient (Wildman–Crippen LogP) is 3.84. The summed E-state index contributed by atoms with van der Waals surface area (Å²) in [6.45, 7) is 7.75. The molecule has 0 radical (unpaired) electrons. The molecule has 30 heavy (non-hydrogen) atoms. The van der Waals surface area contributed by atoms with Crippen LogP contribution in [0.4, 0.5) is 15.8 Å². The van der Waals surface area contributed by atoms with Crippen LogP contribution in [-0.4, -0.2) is 28.5 Å². The third-order valence-electron chi connectivity index (χ3n) is 4.96. The van der Waals surface area contributed by atoms with E-state index in [0.717, 1.165) is 24.3 Å². The van der Waals surface area contributed by atoms with E-state index < -0.39 is 11.4 Å². The first kappa shape index (κ1) is 21.2. The molecule has 3 rings (SSSR count). The topological polar surface area (TPSA) is 67.2 Å². The normalized spacial score (nSPS) is 10.7. The van der Waals surface area contributed by atoms with Gasteiger partial charge in [0.2, 0.25) is 5.91 Å². The molecule has 0 atom stereocenters. The number of amides is 1. The van der Waals surface area contributed by atoms with Crippen LogP contribution in [0, 0.1) is 12.7 Å². The van der Waals surface area contributed by atoms with E-state index in [1.165, 1.54) is 23.0 Å². The van der Waals surface area contributed by atoms with Crippen molar-refractivity contribution >= 4 is 17.3 Å². The molecule has 0 spiro atoms. The molecule has 7 heteroatoms. The molecule has 1 heterocycles. The highest BCUT2D eigenvalue weighted by Crippen LogP contribution is 2.23. The van der Waals surface area contributed by atoms with Crippen molar-refractivity contribution in [3.05, 3.63) is 76.6 Å². The van der Waals surface area contributed by atoms with Gasteiger partial charge in [-0.2, -0.15) is 0 Å². The molecule has 6 nitrogen and oxygen atoms in total. The number of rotatable bonds is 7. The molecule has 2 aromatic carbocycles. The Hall–Kier alpha value is -3.48. The average molecular weight is 408 g/mol. The second kappa shape index (κ2) is 9.35. The summed E-state index contributed by atoms with van der Waals surface area (Å²) in [6, 6.07) is 13.2. The van der Waals surface area contributed by atoms with E-state index in [0.29, 0.717) is 5.69 Å². The van der Waals surface area contributed by atoms with Crippen LogP contribution in [0.5, 0.6) is 0 Å². The minimum Gasteiger partial charge on any atom is -0.372 e. The number of benzene rings is 2. The number of aryl methyl sites for hydroxylation is 1. The van der Waals surface area contributed by atoms with Gasteiger partial charge >= 0.3 is 0 Å². The maximum atomic E-state index is 13.9. The maximum Gasteiger partial charge on any atom is 0.254 e. The summed E-state index contributed by atoms with van der Waals surface area (Å²) >= 11 is 0. The maximum absolute atomic E-state index is 13.9. The van der Waals surface area contributed by atoms with Crippen LogP contribution in [0.25, 0.3) is 11.3 Å². The molecule has 1 aromatic heterocycles. The van der Waals surface area contributed by atoms with E-state index >= 15 is 0 Å². The third kappa shape index (κ3) is 4.74. The van der Waals surface area contributed by atoms with Gasteiger partial charge in [0.1, 0.15) is 12.4 Å². The number of aromatic nitrogens is 2. The number of nitrogens with zero attached hydrogens (tertiary/aromatic N) is 3. The van der Waals surface area contributed by atoms with Crippen LogP contribution in [0.1, 0.15) is 19.4 Å². The quantitative estimate of drug-likeness (QED) is 0.645. The molecule has 0 aliphatic heterocycles. The van der Waals surface area contributed by atoms with Crippen molar-refractivity contribution in [3.63, 3.8) is 0 Å². The largest absolute Gasteiger partial charge is 0.372 e. The highest BCUT2D eigenvalue weighted by Gasteiger charge is 2.11. The summed E-state index contributed by atoms with van der Waals surface area (Å²) in [7, 11) is 0. The average Bonchev–Trinajstić information content (AvgIpc) is 2.73. The Bertz CT molecular complexity index is 1110. The number of carbonyl (C=O) groups excluding carboxylic acids is 1. The van der Waals surface area contributed by atoms with Crippen molar-refractivity contribution in [2.24, 2.45) is 0 Å². The molecule has 0 saturated carbocycles.